The zero-order valence-electron chi connectivity index (χ0n) is 8.72. The van der Waals surface area contributed by atoms with E-state index >= 15 is 0 Å². The summed E-state index contributed by atoms with van der Waals surface area (Å²) < 4.78 is 22.6. The Hall–Kier alpha value is -0.0500. The molecule has 3 heteroatoms. The molecule has 0 aromatic carbocycles. The van der Waals surface area contributed by atoms with Gasteiger partial charge in [-0.25, -0.2) is 8.42 Å². The van der Waals surface area contributed by atoms with Crippen LogP contribution in [0.15, 0.2) is 0 Å². The van der Waals surface area contributed by atoms with Crippen LogP contribution in [0.1, 0.15) is 41.0 Å². The molecular formula is C9H20O2S. The topological polar surface area (TPSA) is 34.1 Å². The summed E-state index contributed by atoms with van der Waals surface area (Å²) in [5.41, 5.74) is 0. The number of hydrogen-bond acceptors (Lipinski definition) is 2. The van der Waals surface area contributed by atoms with Crippen LogP contribution in [0.5, 0.6) is 0 Å². The second-order valence-electron chi connectivity index (χ2n) is 4.41. The highest BCUT2D eigenvalue weighted by Crippen LogP contribution is 2.19. The van der Waals surface area contributed by atoms with E-state index in [0.717, 1.165) is 6.42 Å². The summed E-state index contributed by atoms with van der Waals surface area (Å²) in [6, 6.07) is 0. The van der Waals surface area contributed by atoms with Gasteiger partial charge in [0, 0.05) is 0 Å². The maximum absolute atomic E-state index is 11.6. The number of rotatable bonds is 3. The van der Waals surface area contributed by atoms with Crippen molar-refractivity contribution in [3.8, 4) is 0 Å². The highest BCUT2D eigenvalue weighted by atomic mass is 32.2. The second-order valence-corrected chi connectivity index (χ2v) is 7.19. The van der Waals surface area contributed by atoms with Crippen molar-refractivity contribution in [1.82, 2.24) is 0 Å². The smallest absolute Gasteiger partial charge is 0.155 e. The first kappa shape index (κ1) is 11.9. The Labute approximate surface area is 76.3 Å². The van der Waals surface area contributed by atoms with E-state index in [1.807, 2.05) is 13.8 Å². The van der Waals surface area contributed by atoms with Crippen LogP contribution in [-0.2, 0) is 9.84 Å². The molecule has 0 amide bonds. The maximum atomic E-state index is 11.6. The van der Waals surface area contributed by atoms with Crippen LogP contribution in [0.4, 0.5) is 0 Å². The molecule has 74 valence electrons. The predicted molar refractivity (Wildman–Crippen MR) is 53.0 cm³/mol. The molecule has 0 rings (SSSR count). The molecule has 0 aromatic rings. The van der Waals surface area contributed by atoms with E-state index in [0.29, 0.717) is 5.75 Å². The maximum Gasteiger partial charge on any atom is 0.155 e. The molecule has 0 aliphatic rings. The Morgan fingerprint density at radius 3 is 1.92 bits per heavy atom. The summed E-state index contributed by atoms with van der Waals surface area (Å²) in [6.07, 6.45) is 0.926. The van der Waals surface area contributed by atoms with E-state index in [9.17, 15) is 8.42 Å². The van der Waals surface area contributed by atoms with Gasteiger partial charge in [-0.1, -0.05) is 20.3 Å². The number of hydrogen-bond donors (Lipinski definition) is 0. The molecule has 0 bridgehead atoms. The standard InChI is InChI=1S/C9H20O2S/c1-6-8(2)7-12(10,11)9(3,4)5/h8H,6-7H2,1-5H3/t8-/m0/s1. The van der Waals surface area contributed by atoms with Gasteiger partial charge in [0.25, 0.3) is 0 Å². The molecule has 0 spiro atoms. The normalized spacial score (nSPS) is 16.1. The Morgan fingerprint density at radius 1 is 1.25 bits per heavy atom. The van der Waals surface area contributed by atoms with Crippen LogP contribution in [0.2, 0.25) is 0 Å². The Morgan fingerprint density at radius 2 is 1.67 bits per heavy atom. The molecule has 1 atom stereocenters. The number of sulfone groups is 1. The van der Waals surface area contributed by atoms with Gasteiger partial charge in [0.1, 0.15) is 0 Å². The molecule has 0 radical (unpaired) electrons. The summed E-state index contributed by atoms with van der Waals surface area (Å²) in [5.74, 6) is 0.585. The molecule has 0 saturated heterocycles. The molecule has 0 unspecified atom stereocenters. The molecule has 0 aliphatic carbocycles. The van der Waals surface area contributed by atoms with Crippen molar-refractivity contribution in [3.63, 3.8) is 0 Å². The first-order chi connectivity index (χ1) is 5.20. The van der Waals surface area contributed by atoms with Crippen LogP contribution in [0, 0.1) is 5.92 Å². The van der Waals surface area contributed by atoms with Crippen molar-refractivity contribution in [2.75, 3.05) is 5.75 Å². The molecule has 0 saturated carbocycles. The van der Waals surface area contributed by atoms with E-state index < -0.39 is 14.6 Å². The molecule has 12 heavy (non-hydrogen) atoms. The van der Waals surface area contributed by atoms with Crippen molar-refractivity contribution in [2.24, 2.45) is 5.92 Å². The molecule has 2 nitrogen and oxygen atoms in total. The lowest BCUT2D eigenvalue weighted by molar-refractivity contribution is 0.535. The summed E-state index contributed by atoms with van der Waals surface area (Å²) in [7, 11) is -2.91. The first-order valence-electron chi connectivity index (χ1n) is 4.43. The molecule has 0 fully saturated rings. The fourth-order valence-corrected chi connectivity index (χ4v) is 2.23. The average Bonchev–Trinajstić information content (AvgIpc) is 1.84. The largest absolute Gasteiger partial charge is 0.228 e. The highest BCUT2D eigenvalue weighted by Gasteiger charge is 2.29. The summed E-state index contributed by atoms with van der Waals surface area (Å²) in [6.45, 7) is 9.26. The lowest BCUT2D eigenvalue weighted by Gasteiger charge is -2.21. The minimum Gasteiger partial charge on any atom is -0.228 e. The minimum absolute atomic E-state index is 0.272. The molecule has 0 heterocycles. The van der Waals surface area contributed by atoms with Crippen LogP contribution in [0.3, 0.4) is 0 Å². The molecular weight excluding hydrogens is 172 g/mol. The van der Waals surface area contributed by atoms with Crippen LogP contribution in [0.25, 0.3) is 0 Å². The summed E-state index contributed by atoms with van der Waals surface area (Å²) in [4.78, 5) is 0. The van der Waals surface area contributed by atoms with E-state index in [-0.39, 0.29) is 5.92 Å². The minimum atomic E-state index is -2.91. The van der Waals surface area contributed by atoms with Crippen molar-refractivity contribution < 1.29 is 8.42 Å². The molecule has 0 N–H and O–H groups in total. The van der Waals surface area contributed by atoms with Gasteiger partial charge in [-0.2, -0.15) is 0 Å². The van der Waals surface area contributed by atoms with E-state index in [1.165, 1.54) is 0 Å². The van der Waals surface area contributed by atoms with Crippen LogP contribution in [-0.4, -0.2) is 18.9 Å². The lowest BCUT2D eigenvalue weighted by atomic mass is 10.2. The van der Waals surface area contributed by atoms with E-state index in [4.69, 9.17) is 0 Å². The SMILES string of the molecule is CC[C@H](C)CS(=O)(=O)C(C)(C)C. The fourth-order valence-electron chi connectivity index (χ4n) is 0.742. The third kappa shape index (κ3) is 3.13. The van der Waals surface area contributed by atoms with Crippen molar-refractivity contribution in [2.45, 2.75) is 45.8 Å². The first-order valence-corrected chi connectivity index (χ1v) is 6.08. The van der Waals surface area contributed by atoms with Gasteiger partial charge in [-0.3, -0.25) is 0 Å². The molecule has 0 aromatic heterocycles. The van der Waals surface area contributed by atoms with E-state index in [2.05, 4.69) is 0 Å². The molecule has 0 aliphatic heterocycles. The van der Waals surface area contributed by atoms with Crippen LogP contribution >= 0.6 is 0 Å². The van der Waals surface area contributed by atoms with Gasteiger partial charge in [0.05, 0.1) is 10.5 Å². The predicted octanol–water partition coefficient (Wildman–Crippen LogP) is 2.25. The van der Waals surface area contributed by atoms with Gasteiger partial charge in [0.2, 0.25) is 0 Å². The second kappa shape index (κ2) is 3.77. The van der Waals surface area contributed by atoms with E-state index in [1.54, 1.807) is 20.8 Å². The fraction of sp³-hybridized carbons (Fsp3) is 1.00. The van der Waals surface area contributed by atoms with Gasteiger partial charge in [-0.15, -0.1) is 0 Å². The van der Waals surface area contributed by atoms with Crippen molar-refractivity contribution in [3.05, 3.63) is 0 Å². The Kier molecular flexibility index (Phi) is 3.76. The lowest BCUT2D eigenvalue weighted by Crippen LogP contribution is -2.32. The zero-order chi connectivity index (χ0) is 9.99. The van der Waals surface area contributed by atoms with Gasteiger partial charge in [-0.05, 0) is 26.7 Å². The van der Waals surface area contributed by atoms with Crippen molar-refractivity contribution >= 4 is 9.84 Å². The average molecular weight is 192 g/mol. The summed E-state index contributed by atoms with van der Waals surface area (Å²) >= 11 is 0. The Bertz CT molecular complexity index is 221. The van der Waals surface area contributed by atoms with Crippen molar-refractivity contribution in [1.29, 1.82) is 0 Å². The zero-order valence-corrected chi connectivity index (χ0v) is 9.53. The van der Waals surface area contributed by atoms with Gasteiger partial charge in [0.15, 0.2) is 9.84 Å². The third-order valence-electron chi connectivity index (χ3n) is 2.13. The third-order valence-corrected chi connectivity index (χ3v) is 5.01. The van der Waals surface area contributed by atoms with Gasteiger partial charge < -0.3 is 0 Å². The monoisotopic (exact) mass is 192 g/mol. The quantitative estimate of drug-likeness (QED) is 0.687. The Balaban J connectivity index is 4.46. The van der Waals surface area contributed by atoms with Gasteiger partial charge >= 0.3 is 0 Å². The summed E-state index contributed by atoms with van der Waals surface area (Å²) in [5, 5.41) is 0. The van der Waals surface area contributed by atoms with Crippen LogP contribution < -0.4 is 0 Å². The highest BCUT2D eigenvalue weighted by molar-refractivity contribution is 7.92.